The Labute approximate surface area is 144 Å². The van der Waals surface area contributed by atoms with E-state index in [1.165, 1.54) is 0 Å². The monoisotopic (exact) mass is 393 g/mol. The fourth-order valence-electron chi connectivity index (χ4n) is 1.42. The summed E-state index contributed by atoms with van der Waals surface area (Å²) in [5.41, 5.74) is 0. The van der Waals surface area contributed by atoms with Gasteiger partial charge in [0.25, 0.3) is 0 Å². The first-order valence-electron chi connectivity index (χ1n) is 6.59. The molecule has 0 bridgehead atoms. The smallest absolute Gasteiger partial charge is 0.422 e. The fraction of sp³-hybridized carbons (Fsp3) is 0.583. The maximum absolute atomic E-state index is 12.0. The first-order valence-corrected chi connectivity index (χ1v) is 8.08. The zero-order chi connectivity index (χ0) is 17.3. The highest BCUT2D eigenvalue weighted by Crippen LogP contribution is 2.17. The van der Waals surface area contributed by atoms with E-state index in [4.69, 9.17) is 4.74 Å². The predicted octanol–water partition coefficient (Wildman–Crippen LogP) is 0.959. The van der Waals surface area contributed by atoms with Crippen LogP contribution in [0.5, 0.6) is 5.88 Å². The molecule has 1 aromatic rings. The number of hydrogen-bond acceptors (Lipinski definition) is 6. The third-order valence-electron chi connectivity index (χ3n) is 2.48. The van der Waals surface area contributed by atoms with Crippen LogP contribution in [0.15, 0.2) is 23.2 Å². The first kappa shape index (κ1) is 22.9. The summed E-state index contributed by atoms with van der Waals surface area (Å²) in [7, 11) is -2.22. The molecule has 7 nitrogen and oxygen atoms in total. The maximum atomic E-state index is 12.0. The van der Waals surface area contributed by atoms with E-state index in [0.29, 0.717) is 19.7 Å². The van der Waals surface area contributed by atoms with Crippen molar-refractivity contribution in [1.29, 1.82) is 0 Å². The second-order valence-electron chi connectivity index (χ2n) is 4.38. The summed E-state index contributed by atoms with van der Waals surface area (Å²) >= 11 is 0. The van der Waals surface area contributed by atoms with Gasteiger partial charge in [-0.15, -0.1) is 12.4 Å². The molecule has 0 aliphatic carbocycles. The van der Waals surface area contributed by atoms with Crippen LogP contribution in [0.3, 0.4) is 0 Å². The Balaban J connectivity index is 0.00000529. The minimum Gasteiger partial charge on any atom is -0.468 e. The zero-order valence-corrected chi connectivity index (χ0v) is 14.4. The average Bonchev–Trinajstić information content (AvgIpc) is 2.48. The van der Waals surface area contributed by atoms with Crippen molar-refractivity contribution in [3.05, 3.63) is 18.3 Å². The molecule has 0 amide bonds. The van der Waals surface area contributed by atoms with Gasteiger partial charge in [0.05, 0.1) is 12.8 Å². The molecule has 0 fully saturated rings. The highest BCUT2D eigenvalue weighted by atomic mass is 35.5. The van der Waals surface area contributed by atoms with Gasteiger partial charge < -0.3 is 14.8 Å². The van der Waals surface area contributed by atoms with Gasteiger partial charge in [-0.1, -0.05) is 0 Å². The van der Waals surface area contributed by atoms with Crippen LogP contribution in [0.25, 0.3) is 0 Å². The van der Waals surface area contributed by atoms with Gasteiger partial charge in [0.2, 0.25) is 15.9 Å². The average molecular weight is 394 g/mol. The van der Waals surface area contributed by atoms with E-state index in [1.54, 1.807) is 7.11 Å². The molecule has 0 aromatic carbocycles. The molecule has 140 valence electrons. The highest BCUT2D eigenvalue weighted by Gasteiger charge is 2.28. The quantitative estimate of drug-likeness (QED) is 0.575. The number of aromatic nitrogens is 1. The Kier molecular flexibility index (Phi) is 10.2. The van der Waals surface area contributed by atoms with Crippen molar-refractivity contribution in [3.63, 3.8) is 0 Å². The van der Waals surface area contributed by atoms with Crippen molar-refractivity contribution in [2.75, 3.05) is 40.0 Å². The first-order chi connectivity index (χ1) is 10.7. The van der Waals surface area contributed by atoms with Crippen molar-refractivity contribution in [3.8, 4) is 5.88 Å². The number of halogens is 4. The Morgan fingerprint density at radius 1 is 1.21 bits per heavy atom. The Hall–Kier alpha value is -1.14. The summed E-state index contributed by atoms with van der Waals surface area (Å²) in [4.78, 5) is 3.38. The fourth-order valence-corrected chi connectivity index (χ4v) is 2.40. The van der Waals surface area contributed by atoms with Crippen LogP contribution >= 0.6 is 12.4 Å². The van der Waals surface area contributed by atoms with Crippen LogP contribution in [0.2, 0.25) is 0 Å². The Morgan fingerprint density at radius 3 is 2.46 bits per heavy atom. The molecule has 0 spiro atoms. The Bertz CT molecular complexity index is 570. The number of pyridine rings is 1. The van der Waals surface area contributed by atoms with Crippen molar-refractivity contribution in [1.82, 2.24) is 15.0 Å². The van der Waals surface area contributed by atoms with Crippen molar-refractivity contribution < 1.29 is 31.1 Å². The lowest BCUT2D eigenvalue weighted by Crippen LogP contribution is -2.33. The zero-order valence-electron chi connectivity index (χ0n) is 12.8. The van der Waals surface area contributed by atoms with Gasteiger partial charge in [-0.3, -0.25) is 0 Å². The van der Waals surface area contributed by atoms with Gasteiger partial charge in [-0.25, -0.2) is 18.1 Å². The van der Waals surface area contributed by atoms with Gasteiger partial charge in [0, 0.05) is 32.8 Å². The molecule has 12 heteroatoms. The second-order valence-corrected chi connectivity index (χ2v) is 6.14. The number of hydrogen-bond donors (Lipinski definition) is 2. The summed E-state index contributed by atoms with van der Waals surface area (Å²) in [5.74, 6) is -0.303. The van der Waals surface area contributed by atoms with Crippen LogP contribution in [0, 0.1) is 0 Å². The number of methoxy groups -OCH3 is 1. The SMILES string of the molecule is COCCNCCNS(=O)(=O)c1ccc(OCC(F)(F)F)nc1.Cl. The molecule has 0 saturated carbocycles. The Morgan fingerprint density at radius 2 is 1.92 bits per heavy atom. The van der Waals surface area contributed by atoms with Gasteiger partial charge in [-0.2, -0.15) is 13.2 Å². The van der Waals surface area contributed by atoms with Crippen LogP contribution in [0.1, 0.15) is 0 Å². The second kappa shape index (κ2) is 10.7. The molecule has 1 heterocycles. The molecule has 0 radical (unpaired) electrons. The topological polar surface area (TPSA) is 89.6 Å². The summed E-state index contributed by atoms with van der Waals surface area (Å²) in [6.45, 7) is 0.166. The minimum atomic E-state index is -4.48. The standard InChI is InChI=1S/C12H18F3N3O4S.ClH/c1-21-7-6-16-4-5-18-23(19,20)10-2-3-11(17-8-10)22-9-12(13,14)15;/h2-3,8,16,18H,4-7,9H2,1H3;1H. The number of ether oxygens (including phenoxy) is 2. The van der Waals surface area contributed by atoms with E-state index in [-0.39, 0.29) is 29.7 Å². The molecule has 0 aliphatic heterocycles. The molecule has 0 aliphatic rings. The molecule has 0 saturated heterocycles. The number of rotatable bonds is 10. The number of nitrogens with zero attached hydrogens (tertiary/aromatic N) is 1. The van der Waals surface area contributed by atoms with E-state index >= 15 is 0 Å². The predicted molar refractivity (Wildman–Crippen MR) is 83.0 cm³/mol. The third kappa shape index (κ3) is 9.23. The van der Waals surface area contributed by atoms with Crippen LogP contribution in [0.4, 0.5) is 13.2 Å². The van der Waals surface area contributed by atoms with Crippen molar-refractivity contribution in [2.24, 2.45) is 0 Å². The molecule has 1 rings (SSSR count). The number of nitrogens with one attached hydrogen (secondary N) is 2. The van der Waals surface area contributed by atoms with E-state index in [9.17, 15) is 21.6 Å². The van der Waals surface area contributed by atoms with Crippen LogP contribution < -0.4 is 14.8 Å². The van der Waals surface area contributed by atoms with Crippen LogP contribution in [-0.4, -0.2) is 59.5 Å². The van der Waals surface area contributed by atoms with E-state index < -0.39 is 22.8 Å². The van der Waals surface area contributed by atoms with Gasteiger partial charge >= 0.3 is 6.18 Å². The number of alkyl halides is 3. The maximum Gasteiger partial charge on any atom is 0.422 e. The largest absolute Gasteiger partial charge is 0.468 e. The van der Waals surface area contributed by atoms with Gasteiger partial charge in [0.15, 0.2) is 6.61 Å². The lowest BCUT2D eigenvalue weighted by Gasteiger charge is -2.10. The molecular weight excluding hydrogens is 375 g/mol. The van der Waals surface area contributed by atoms with Crippen molar-refractivity contribution in [2.45, 2.75) is 11.1 Å². The van der Waals surface area contributed by atoms with Crippen molar-refractivity contribution >= 4 is 22.4 Å². The third-order valence-corrected chi connectivity index (χ3v) is 3.93. The highest BCUT2D eigenvalue weighted by molar-refractivity contribution is 7.89. The summed E-state index contributed by atoms with van der Waals surface area (Å²) in [6.07, 6.45) is -3.55. The van der Waals surface area contributed by atoms with Gasteiger partial charge in [0.1, 0.15) is 4.90 Å². The lowest BCUT2D eigenvalue weighted by atomic mass is 10.5. The molecule has 0 unspecified atom stereocenters. The molecule has 1 aromatic heterocycles. The minimum absolute atomic E-state index is 0. The van der Waals surface area contributed by atoms with Crippen LogP contribution in [-0.2, 0) is 14.8 Å². The summed E-state index contributed by atoms with van der Waals surface area (Å²) in [5, 5.41) is 2.96. The molecule has 2 N–H and O–H groups in total. The summed E-state index contributed by atoms with van der Waals surface area (Å²) in [6, 6.07) is 2.19. The van der Waals surface area contributed by atoms with E-state index in [2.05, 4.69) is 19.8 Å². The lowest BCUT2D eigenvalue weighted by molar-refractivity contribution is -0.154. The molecular formula is C12H19ClF3N3O4S. The van der Waals surface area contributed by atoms with E-state index in [1.807, 2.05) is 0 Å². The van der Waals surface area contributed by atoms with Gasteiger partial charge in [-0.05, 0) is 6.07 Å². The molecule has 0 atom stereocenters. The normalized spacial score (nSPS) is 11.8. The summed E-state index contributed by atoms with van der Waals surface area (Å²) < 4.78 is 71.4. The number of sulfonamides is 1. The van der Waals surface area contributed by atoms with E-state index in [0.717, 1.165) is 18.3 Å². The molecule has 24 heavy (non-hydrogen) atoms.